The summed E-state index contributed by atoms with van der Waals surface area (Å²) in [5, 5.41) is 0. The summed E-state index contributed by atoms with van der Waals surface area (Å²) in [4.78, 5) is 39.3. The van der Waals surface area contributed by atoms with Gasteiger partial charge in [0.1, 0.15) is 0 Å². The topological polar surface area (TPSA) is 78.9 Å². The average molecular weight is 993 g/mol. The molecule has 0 N–H and O–H groups in total. The van der Waals surface area contributed by atoms with Crippen LogP contribution < -0.4 is 12.4 Å². The largest absolute Gasteiger partial charge is 1.00 e. The number of carbonyl (C=O) groups is 3. The second-order valence-corrected chi connectivity index (χ2v) is 21.2. The van der Waals surface area contributed by atoms with Crippen LogP contribution in [-0.4, -0.2) is 68.9 Å². The first-order valence-corrected chi connectivity index (χ1v) is 29.3. The van der Waals surface area contributed by atoms with E-state index in [9.17, 15) is 14.4 Å². The number of likely N-dealkylation sites (N-methyl/N-ethyl adjacent to an activating group) is 1. The van der Waals surface area contributed by atoms with Gasteiger partial charge in [0, 0.05) is 19.3 Å². The fourth-order valence-corrected chi connectivity index (χ4v) is 8.59. The maximum Gasteiger partial charge on any atom is 0.306 e. The minimum absolute atomic E-state index is 0. The Hall–Kier alpha value is -2.12. The van der Waals surface area contributed by atoms with Crippen LogP contribution in [-0.2, 0) is 28.6 Å². The van der Waals surface area contributed by atoms with Gasteiger partial charge in [-0.05, 0) is 96.3 Å². The average Bonchev–Trinajstić information content (AvgIpc) is 3.32. The summed E-state index contributed by atoms with van der Waals surface area (Å²) in [7, 11) is 5.98. The van der Waals surface area contributed by atoms with Crippen LogP contribution in [0, 0.1) is 0 Å². The summed E-state index contributed by atoms with van der Waals surface area (Å²) in [6.07, 6.45) is 62.2. The van der Waals surface area contributed by atoms with E-state index in [-0.39, 0.29) is 50.1 Å². The Bertz CT molecular complexity index is 1090. The van der Waals surface area contributed by atoms with Crippen LogP contribution in [0.4, 0.5) is 0 Å². The molecule has 0 aromatic carbocycles. The molecular weight excluding hydrogens is 878 g/mol. The van der Waals surface area contributed by atoms with Crippen molar-refractivity contribution in [3.05, 3.63) is 36.5 Å². The molecule has 7 nitrogen and oxygen atoms in total. The third kappa shape index (κ3) is 46.7. The van der Waals surface area contributed by atoms with E-state index in [1.807, 2.05) is 21.1 Å². The van der Waals surface area contributed by atoms with Crippen LogP contribution in [0.15, 0.2) is 36.5 Å². The zero-order valence-corrected chi connectivity index (χ0v) is 47.3. The smallest absolute Gasteiger partial charge is 0.306 e. The number of quaternary nitrogens is 1. The summed E-state index contributed by atoms with van der Waals surface area (Å²) in [5.74, 6) is -0.751. The highest BCUT2D eigenvalue weighted by Crippen LogP contribution is 2.24. The summed E-state index contributed by atoms with van der Waals surface area (Å²) in [5.41, 5.74) is -0.922. The molecule has 0 aromatic rings. The van der Waals surface area contributed by atoms with Crippen molar-refractivity contribution in [2.45, 2.75) is 296 Å². The number of carbonyl (C=O) groups excluding carboxylic acids is 3. The summed E-state index contributed by atoms with van der Waals surface area (Å²) < 4.78 is 18.1. The van der Waals surface area contributed by atoms with Gasteiger partial charge in [0.05, 0.1) is 21.1 Å². The van der Waals surface area contributed by atoms with E-state index >= 15 is 0 Å². The van der Waals surface area contributed by atoms with E-state index in [2.05, 4.69) is 57.2 Å². The quantitative estimate of drug-likeness (QED) is 0.0199. The Labute approximate surface area is 435 Å². The third-order valence-electron chi connectivity index (χ3n) is 13.9. The molecule has 0 aliphatic rings. The van der Waals surface area contributed by atoms with Crippen LogP contribution in [0.3, 0.4) is 0 Å². The van der Waals surface area contributed by atoms with Crippen LogP contribution in [0.25, 0.3) is 0 Å². The van der Waals surface area contributed by atoms with E-state index in [4.69, 9.17) is 14.2 Å². The molecule has 0 atom stereocenters. The molecule has 0 amide bonds. The van der Waals surface area contributed by atoms with Crippen molar-refractivity contribution in [1.82, 2.24) is 0 Å². The highest BCUT2D eigenvalue weighted by atomic mass is 35.5. The highest BCUT2D eigenvalue weighted by molar-refractivity contribution is 5.70. The monoisotopic (exact) mass is 992 g/mol. The van der Waals surface area contributed by atoms with Gasteiger partial charge < -0.3 is 31.1 Å². The first-order valence-electron chi connectivity index (χ1n) is 29.3. The summed E-state index contributed by atoms with van der Waals surface area (Å²) >= 11 is 0. The minimum Gasteiger partial charge on any atom is -1.00 e. The van der Waals surface area contributed by atoms with Crippen LogP contribution >= 0.6 is 0 Å². The predicted molar refractivity (Wildman–Crippen MR) is 292 cm³/mol. The van der Waals surface area contributed by atoms with E-state index in [0.717, 1.165) is 77.0 Å². The molecule has 0 fully saturated rings. The Morgan fingerprint density at radius 2 is 0.507 bits per heavy atom. The lowest BCUT2D eigenvalue weighted by Gasteiger charge is -2.44. The molecule has 0 bridgehead atoms. The number of ether oxygens (including phenoxy) is 3. The number of rotatable bonds is 52. The molecule has 0 saturated heterocycles. The molecule has 0 heterocycles. The molecule has 0 saturated carbocycles. The zero-order chi connectivity index (χ0) is 49.9. The Morgan fingerprint density at radius 1 is 0.319 bits per heavy atom. The van der Waals surface area contributed by atoms with E-state index < -0.39 is 5.54 Å². The van der Waals surface area contributed by atoms with Crippen molar-refractivity contribution in [3.63, 3.8) is 0 Å². The van der Waals surface area contributed by atoms with Gasteiger partial charge in [-0.25, -0.2) is 0 Å². The maximum atomic E-state index is 13.1. The van der Waals surface area contributed by atoms with Crippen molar-refractivity contribution < 1.29 is 45.5 Å². The van der Waals surface area contributed by atoms with Gasteiger partial charge in [-0.3, -0.25) is 14.4 Å². The van der Waals surface area contributed by atoms with Crippen LogP contribution in [0.1, 0.15) is 290 Å². The van der Waals surface area contributed by atoms with Crippen molar-refractivity contribution in [1.29, 1.82) is 0 Å². The SMILES string of the molecule is CCCCCCCC/C=C\CCCCCCCC(=O)OCC(COC(=O)CCCCCCC/C=C\CCCCCCCC)(COC(=O)CCCCCCC/C=C\CCCCCCCC)[N+](C)(C)C.[Cl-]. The van der Waals surface area contributed by atoms with Gasteiger partial charge in [-0.1, -0.05) is 211 Å². The molecule has 69 heavy (non-hydrogen) atoms. The fraction of sp³-hybridized carbons (Fsp3) is 0.852. The first-order chi connectivity index (χ1) is 33.1. The molecule has 0 aromatic heterocycles. The number of esters is 3. The molecule has 0 radical (unpaired) electrons. The van der Waals surface area contributed by atoms with Gasteiger partial charge >= 0.3 is 17.9 Å². The van der Waals surface area contributed by atoms with Crippen LogP contribution in [0.2, 0.25) is 0 Å². The summed E-state index contributed by atoms with van der Waals surface area (Å²) in [6.45, 7) is 6.84. The number of unbranched alkanes of at least 4 members (excludes halogenated alkanes) is 33. The van der Waals surface area contributed by atoms with E-state index in [1.54, 1.807) is 0 Å². The molecule has 0 spiro atoms. The number of nitrogens with zero attached hydrogens (tertiary/aromatic N) is 1. The Morgan fingerprint density at radius 3 is 0.710 bits per heavy atom. The number of hydrogen-bond acceptors (Lipinski definition) is 6. The van der Waals surface area contributed by atoms with Crippen molar-refractivity contribution in [3.8, 4) is 0 Å². The highest BCUT2D eigenvalue weighted by Gasteiger charge is 2.47. The molecule has 8 heteroatoms. The lowest BCUT2D eigenvalue weighted by Crippen LogP contribution is -3.00. The van der Waals surface area contributed by atoms with E-state index in [0.29, 0.717) is 23.7 Å². The predicted octanol–water partition coefficient (Wildman–Crippen LogP) is 15.2. The molecule has 0 aliphatic heterocycles. The van der Waals surface area contributed by atoms with Gasteiger partial charge in [0.15, 0.2) is 19.8 Å². The zero-order valence-electron chi connectivity index (χ0n) is 46.6. The number of allylic oxidation sites excluding steroid dienone is 6. The molecule has 406 valence electrons. The lowest BCUT2D eigenvalue weighted by molar-refractivity contribution is -0.925. The second-order valence-electron chi connectivity index (χ2n) is 21.2. The molecule has 0 rings (SSSR count). The maximum absolute atomic E-state index is 13.1. The number of halogens is 1. The minimum atomic E-state index is -0.922. The lowest BCUT2D eigenvalue weighted by atomic mass is 9.98. The molecule has 0 unspecified atom stereocenters. The van der Waals surface area contributed by atoms with Gasteiger partial charge in [0.25, 0.3) is 0 Å². The van der Waals surface area contributed by atoms with Crippen LogP contribution in [0.5, 0.6) is 0 Å². The molecular formula is C61H114ClNO6. The number of hydrogen-bond donors (Lipinski definition) is 0. The third-order valence-corrected chi connectivity index (χ3v) is 13.9. The fourth-order valence-electron chi connectivity index (χ4n) is 8.59. The molecule has 0 aliphatic carbocycles. The van der Waals surface area contributed by atoms with Gasteiger partial charge in [-0.2, -0.15) is 0 Å². The van der Waals surface area contributed by atoms with Gasteiger partial charge in [-0.15, -0.1) is 0 Å². The van der Waals surface area contributed by atoms with E-state index in [1.165, 1.54) is 173 Å². The Balaban J connectivity index is 0. The second kappa shape index (κ2) is 52.2. The van der Waals surface area contributed by atoms with Crippen molar-refractivity contribution >= 4 is 17.9 Å². The van der Waals surface area contributed by atoms with Crippen molar-refractivity contribution in [2.75, 3.05) is 41.0 Å². The Kier molecular flexibility index (Phi) is 52.2. The first kappa shape index (κ1) is 69.0. The standard InChI is InChI=1S/C61H114NO6.ClH/c1-7-10-13-16-19-22-25-28-31-34-37-40-43-46-49-52-58(63)66-55-61(62(4,5)6,56-67-59(64)53-50-47-44-41-38-35-32-29-26-23-20-17-14-11-8-2)57-68-60(65)54-51-48-45-42-39-36-33-30-27-24-21-18-15-12-9-3;/h28-33H,7-27,34-57H2,1-6H3;1H/q+1;/p-1/b31-28-,32-29-,33-30-;. The normalized spacial score (nSPS) is 12.1. The summed E-state index contributed by atoms with van der Waals surface area (Å²) in [6, 6.07) is 0. The van der Waals surface area contributed by atoms with Gasteiger partial charge in [0.2, 0.25) is 5.54 Å². The van der Waals surface area contributed by atoms with Crippen molar-refractivity contribution in [2.24, 2.45) is 0 Å².